The second-order valence-electron chi connectivity index (χ2n) is 4.36. The van der Waals surface area contributed by atoms with E-state index in [0.29, 0.717) is 18.0 Å². The van der Waals surface area contributed by atoms with Gasteiger partial charge in [0.1, 0.15) is 5.82 Å². The van der Waals surface area contributed by atoms with Gasteiger partial charge in [-0.15, -0.1) is 0 Å². The van der Waals surface area contributed by atoms with Gasteiger partial charge in [-0.05, 0) is 36.2 Å². The highest BCUT2D eigenvalue weighted by molar-refractivity contribution is 6.33. The van der Waals surface area contributed by atoms with E-state index in [1.807, 2.05) is 18.2 Å². The van der Waals surface area contributed by atoms with Crippen LogP contribution >= 0.6 is 23.2 Å². The topological polar surface area (TPSA) is 41.1 Å². The molecule has 0 radical (unpaired) electrons. The standard InChI is InChI=1S/C15H13Cl2FN2O/c16-11-4-1-3-10(9-11)7-8-19-15(21)20-14-12(17)5-2-6-13(14)18/h1-6,9H,7-8H2,(H2,19,20,21). The van der Waals surface area contributed by atoms with Crippen LogP contribution in [-0.4, -0.2) is 12.6 Å². The Labute approximate surface area is 132 Å². The van der Waals surface area contributed by atoms with Crippen LogP contribution in [0.3, 0.4) is 0 Å². The summed E-state index contributed by atoms with van der Waals surface area (Å²) in [6, 6.07) is 11.1. The Morgan fingerprint density at radius 3 is 2.62 bits per heavy atom. The highest BCUT2D eigenvalue weighted by Gasteiger charge is 2.09. The number of benzene rings is 2. The summed E-state index contributed by atoms with van der Waals surface area (Å²) in [6.45, 7) is 0.401. The van der Waals surface area contributed by atoms with E-state index >= 15 is 0 Å². The molecule has 0 saturated heterocycles. The van der Waals surface area contributed by atoms with Crippen molar-refractivity contribution >= 4 is 34.9 Å². The van der Waals surface area contributed by atoms with Gasteiger partial charge in [0.15, 0.2) is 0 Å². The lowest BCUT2D eigenvalue weighted by molar-refractivity contribution is 0.252. The van der Waals surface area contributed by atoms with Gasteiger partial charge in [-0.1, -0.05) is 41.4 Å². The van der Waals surface area contributed by atoms with Gasteiger partial charge in [-0.25, -0.2) is 9.18 Å². The Balaban J connectivity index is 1.85. The van der Waals surface area contributed by atoms with E-state index in [1.165, 1.54) is 18.2 Å². The van der Waals surface area contributed by atoms with E-state index in [9.17, 15) is 9.18 Å². The molecule has 2 N–H and O–H groups in total. The molecule has 0 aliphatic heterocycles. The second kappa shape index (κ2) is 7.29. The third-order valence-electron chi connectivity index (χ3n) is 2.79. The number of hydrogen-bond donors (Lipinski definition) is 2. The van der Waals surface area contributed by atoms with E-state index in [0.717, 1.165) is 5.56 Å². The molecule has 0 aromatic heterocycles. The van der Waals surface area contributed by atoms with Crippen LogP contribution in [0.1, 0.15) is 5.56 Å². The number of hydrogen-bond acceptors (Lipinski definition) is 1. The highest BCUT2D eigenvalue weighted by atomic mass is 35.5. The Morgan fingerprint density at radius 1 is 1.14 bits per heavy atom. The van der Waals surface area contributed by atoms with Crippen molar-refractivity contribution in [3.8, 4) is 0 Å². The minimum atomic E-state index is -0.576. The molecule has 2 aromatic rings. The lowest BCUT2D eigenvalue weighted by Gasteiger charge is -2.10. The fourth-order valence-electron chi connectivity index (χ4n) is 1.79. The molecule has 6 heteroatoms. The zero-order chi connectivity index (χ0) is 15.2. The van der Waals surface area contributed by atoms with Crippen molar-refractivity contribution in [1.82, 2.24) is 5.32 Å². The zero-order valence-corrected chi connectivity index (χ0v) is 12.5. The summed E-state index contributed by atoms with van der Waals surface area (Å²) in [5.74, 6) is -0.576. The van der Waals surface area contributed by atoms with Gasteiger partial charge >= 0.3 is 6.03 Å². The molecule has 0 fully saturated rings. The van der Waals surface area contributed by atoms with Crippen LogP contribution in [0.15, 0.2) is 42.5 Å². The molecule has 0 bridgehead atoms. The quantitative estimate of drug-likeness (QED) is 0.853. The van der Waals surface area contributed by atoms with E-state index in [4.69, 9.17) is 23.2 Å². The van der Waals surface area contributed by atoms with Crippen molar-refractivity contribution < 1.29 is 9.18 Å². The highest BCUT2D eigenvalue weighted by Crippen LogP contribution is 2.24. The molecule has 3 nitrogen and oxygen atoms in total. The van der Waals surface area contributed by atoms with Crippen LogP contribution in [0.4, 0.5) is 14.9 Å². The molecule has 21 heavy (non-hydrogen) atoms. The molecule has 2 rings (SSSR count). The summed E-state index contributed by atoms with van der Waals surface area (Å²) in [7, 11) is 0. The maximum atomic E-state index is 13.5. The van der Waals surface area contributed by atoms with Gasteiger partial charge in [-0.3, -0.25) is 0 Å². The normalized spacial score (nSPS) is 10.2. The van der Waals surface area contributed by atoms with Crippen LogP contribution < -0.4 is 10.6 Å². The number of para-hydroxylation sites is 1. The summed E-state index contributed by atoms with van der Waals surface area (Å²) in [5.41, 5.74) is 0.978. The number of urea groups is 1. The number of carbonyl (C=O) groups is 1. The smallest absolute Gasteiger partial charge is 0.319 e. The molecule has 0 aliphatic rings. The van der Waals surface area contributed by atoms with Gasteiger partial charge in [0, 0.05) is 11.6 Å². The van der Waals surface area contributed by atoms with Crippen molar-refractivity contribution in [1.29, 1.82) is 0 Å². The summed E-state index contributed by atoms with van der Waals surface area (Å²) in [6.07, 6.45) is 0.624. The van der Waals surface area contributed by atoms with Gasteiger partial charge in [-0.2, -0.15) is 0 Å². The van der Waals surface area contributed by atoms with E-state index in [2.05, 4.69) is 10.6 Å². The van der Waals surface area contributed by atoms with Crippen molar-refractivity contribution in [3.05, 3.63) is 63.9 Å². The predicted molar refractivity (Wildman–Crippen MR) is 83.6 cm³/mol. The molecule has 0 aliphatic carbocycles. The molecule has 0 saturated carbocycles. The molecular formula is C15H13Cl2FN2O. The summed E-state index contributed by atoms with van der Waals surface area (Å²) in [4.78, 5) is 11.7. The van der Waals surface area contributed by atoms with Gasteiger partial charge in [0.05, 0.1) is 10.7 Å². The molecular weight excluding hydrogens is 314 g/mol. The first-order chi connectivity index (χ1) is 10.1. The van der Waals surface area contributed by atoms with Gasteiger partial charge in [0.25, 0.3) is 0 Å². The number of carbonyl (C=O) groups excluding carboxylic acids is 1. The summed E-state index contributed by atoms with van der Waals surface area (Å²) in [5, 5.41) is 5.83. The van der Waals surface area contributed by atoms with Gasteiger partial charge < -0.3 is 10.6 Å². The Bertz CT molecular complexity index is 629. The van der Waals surface area contributed by atoms with Crippen LogP contribution in [0.2, 0.25) is 10.0 Å². The SMILES string of the molecule is O=C(NCCc1cccc(Cl)c1)Nc1c(F)cccc1Cl. The molecule has 0 spiro atoms. The van der Waals surface area contributed by atoms with Gasteiger partial charge in [0.2, 0.25) is 0 Å². The van der Waals surface area contributed by atoms with E-state index < -0.39 is 11.8 Å². The molecule has 0 atom stereocenters. The van der Waals surface area contributed by atoms with Crippen molar-refractivity contribution in [2.24, 2.45) is 0 Å². The first-order valence-corrected chi connectivity index (χ1v) is 7.05. The average Bonchev–Trinajstić information content (AvgIpc) is 2.43. The third-order valence-corrected chi connectivity index (χ3v) is 3.34. The van der Waals surface area contributed by atoms with Crippen molar-refractivity contribution in [3.63, 3.8) is 0 Å². The first kappa shape index (κ1) is 15.6. The lowest BCUT2D eigenvalue weighted by atomic mass is 10.1. The lowest BCUT2D eigenvalue weighted by Crippen LogP contribution is -2.30. The summed E-state index contributed by atoms with van der Waals surface area (Å²) < 4.78 is 13.5. The Hall–Kier alpha value is -1.78. The Kier molecular flexibility index (Phi) is 5.42. The average molecular weight is 327 g/mol. The maximum Gasteiger partial charge on any atom is 0.319 e. The maximum absolute atomic E-state index is 13.5. The second-order valence-corrected chi connectivity index (χ2v) is 5.20. The number of nitrogens with one attached hydrogen (secondary N) is 2. The molecule has 0 heterocycles. The number of halogens is 3. The number of anilines is 1. The van der Waals surface area contributed by atoms with E-state index in [1.54, 1.807) is 6.07 Å². The minimum absolute atomic E-state index is 0.0283. The summed E-state index contributed by atoms with van der Waals surface area (Å²) >= 11 is 11.7. The number of amides is 2. The molecule has 110 valence electrons. The third kappa shape index (κ3) is 4.62. The Morgan fingerprint density at radius 2 is 1.90 bits per heavy atom. The van der Waals surface area contributed by atoms with E-state index in [-0.39, 0.29) is 10.7 Å². The molecule has 2 aromatic carbocycles. The van der Waals surface area contributed by atoms with Crippen LogP contribution in [0, 0.1) is 5.82 Å². The zero-order valence-electron chi connectivity index (χ0n) is 11.0. The van der Waals surface area contributed by atoms with Crippen LogP contribution in [-0.2, 0) is 6.42 Å². The molecule has 0 unspecified atom stereocenters. The monoisotopic (exact) mass is 326 g/mol. The largest absolute Gasteiger partial charge is 0.338 e. The van der Waals surface area contributed by atoms with Crippen molar-refractivity contribution in [2.75, 3.05) is 11.9 Å². The molecule has 2 amide bonds. The number of rotatable bonds is 4. The van der Waals surface area contributed by atoms with Crippen molar-refractivity contribution in [2.45, 2.75) is 6.42 Å². The predicted octanol–water partition coefficient (Wildman–Crippen LogP) is 4.50. The first-order valence-electron chi connectivity index (χ1n) is 6.29. The van der Waals surface area contributed by atoms with Crippen LogP contribution in [0.5, 0.6) is 0 Å². The fraction of sp³-hybridized carbons (Fsp3) is 0.133. The van der Waals surface area contributed by atoms with Crippen LogP contribution in [0.25, 0.3) is 0 Å². The fourth-order valence-corrected chi connectivity index (χ4v) is 2.21. The minimum Gasteiger partial charge on any atom is -0.338 e.